The lowest BCUT2D eigenvalue weighted by Gasteiger charge is -2.42. The third kappa shape index (κ3) is 5.26. The molecule has 0 heterocycles. The van der Waals surface area contributed by atoms with Crippen LogP contribution in [0.3, 0.4) is 0 Å². The van der Waals surface area contributed by atoms with Crippen molar-refractivity contribution < 1.29 is 0 Å². The lowest BCUT2D eigenvalue weighted by atomic mass is 9.63. The molecule has 0 saturated heterocycles. The predicted octanol–water partition coefficient (Wildman–Crippen LogP) is 8.96. The first-order valence-corrected chi connectivity index (χ1v) is 12.6. The Hall–Kier alpha value is -1.82. The predicted molar refractivity (Wildman–Crippen MR) is 131 cm³/mol. The fraction of sp³-hybridized carbons (Fsp3) is 0.533. The molecule has 2 fully saturated rings. The van der Waals surface area contributed by atoms with Crippen LogP contribution in [0.25, 0.3) is 11.1 Å². The van der Waals surface area contributed by atoms with Crippen LogP contribution >= 0.6 is 0 Å². The highest BCUT2D eigenvalue weighted by Crippen LogP contribution is 2.48. The van der Waals surface area contributed by atoms with Crippen LogP contribution in [0, 0.1) is 17.8 Å². The van der Waals surface area contributed by atoms with Gasteiger partial charge in [-0.3, -0.25) is 0 Å². The van der Waals surface area contributed by atoms with Crippen molar-refractivity contribution in [1.82, 2.24) is 0 Å². The van der Waals surface area contributed by atoms with Gasteiger partial charge in [-0.15, -0.1) is 6.58 Å². The molecule has 0 bridgehead atoms. The molecule has 0 N–H and O–H groups in total. The van der Waals surface area contributed by atoms with Crippen molar-refractivity contribution in [3.05, 3.63) is 72.3 Å². The van der Waals surface area contributed by atoms with Gasteiger partial charge >= 0.3 is 0 Å². The summed E-state index contributed by atoms with van der Waals surface area (Å²) < 4.78 is 0. The van der Waals surface area contributed by atoms with E-state index in [0.717, 1.165) is 36.5 Å². The summed E-state index contributed by atoms with van der Waals surface area (Å²) in [6.07, 6.45) is 17.2. The molecular weight excluding hydrogens is 360 g/mol. The molecule has 4 atom stereocenters. The van der Waals surface area contributed by atoms with Gasteiger partial charge in [-0.2, -0.15) is 0 Å². The quantitative estimate of drug-likeness (QED) is 0.388. The van der Waals surface area contributed by atoms with E-state index in [-0.39, 0.29) is 0 Å². The van der Waals surface area contributed by atoms with Crippen molar-refractivity contribution in [1.29, 1.82) is 0 Å². The highest BCUT2D eigenvalue weighted by atomic mass is 14.4. The van der Waals surface area contributed by atoms with Crippen molar-refractivity contribution in [3.63, 3.8) is 0 Å². The molecule has 0 aromatic heterocycles. The molecule has 0 nitrogen and oxygen atoms in total. The van der Waals surface area contributed by atoms with E-state index in [1.54, 1.807) is 5.56 Å². The first kappa shape index (κ1) is 21.4. The minimum Gasteiger partial charge on any atom is -0.103 e. The largest absolute Gasteiger partial charge is 0.103 e. The molecule has 4 unspecified atom stereocenters. The number of hydrogen-bond acceptors (Lipinski definition) is 0. The second-order valence-corrected chi connectivity index (χ2v) is 10.00. The molecule has 0 amide bonds. The fourth-order valence-corrected chi connectivity index (χ4v) is 6.12. The van der Waals surface area contributed by atoms with E-state index in [2.05, 4.69) is 62.0 Å². The first-order chi connectivity index (χ1) is 14.8. The van der Waals surface area contributed by atoms with Crippen LogP contribution in [-0.2, 0) is 6.42 Å². The molecule has 2 saturated carbocycles. The Kier molecular flexibility index (Phi) is 7.47. The van der Waals surface area contributed by atoms with Crippen LogP contribution in [0.5, 0.6) is 0 Å². The maximum Gasteiger partial charge on any atom is -0.0159 e. The van der Waals surface area contributed by atoms with Gasteiger partial charge in [0.1, 0.15) is 0 Å². The summed E-state index contributed by atoms with van der Waals surface area (Å²) in [5.41, 5.74) is 5.65. The molecule has 30 heavy (non-hydrogen) atoms. The van der Waals surface area contributed by atoms with E-state index in [4.69, 9.17) is 0 Å². The van der Waals surface area contributed by atoms with Crippen molar-refractivity contribution in [2.75, 3.05) is 0 Å². The normalized spacial score (nSPS) is 26.2. The van der Waals surface area contributed by atoms with E-state index < -0.39 is 0 Å². The zero-order valence-corrected chi connectivity index (χ0v) is 19.0. The van der Waals surface area contributed by atoms with Crippen LogP contribution in [0.2, 0.25) is 0 Å². The molecule has 2 aliphatic rings. The smallest absolute Gasteiger partial charge is 0.0159 e. The van der Waals surface area contributed by atoms with Crippen molar-refractivity contribution in [2.24, 2.45) is 17.8 Å². The fourth-order valence-electron chi connectivity index (χ4n) is 6.12. The Labute approximate surface area is 184 Å². The first-order valence-electron chi connectivity index (χ1n) is 12.6. The number of hydrogen-bond donors (Lipinski definition) is 0. The Morgan fingerprint density at radius 1 is 0.833 bits per heavy atom. The van der Waals surface area contributed by atoms with Gasteiger partial charge in [-0.25, -0.2) is 0 Å². The van der Waals surface area contributed by atoms with Crippen LogP contribution in [0.4, 0.5) is 0 Å². The van der Waals surface area contributed by atoms with Crippen LogP contribution in [0.15, 0.2) is 61.2 Å². The molecule has 0 spiro atoms. The average Bonchev–Trinajstić information content (AvgIpc) is 2.81. The number of fused-ring (bicyclic) bond motifs is 1. The highest BCUT2D eigenvalue weighted by Gasteiger charge is 2.35. The second-order valence-electron chi connectivity index (χ2n) is 10.00. The van der Waals surface area contributed by atoms with E-state index in [9.17, 15) is 0 Å². The summed E-state index contributed by atoms with van der Waals surface area (Å²) in [7, 11) is 0. The zero-order chi connectivity index (χ0) is 20.8. The topological polar surface area (TPSA) is 0 Å². The SMILES string of the molecule is C=CCCc1ccc(-c2ccc(C3CCC4CC(CCCC)CCC4C3)cc2)cc1. The molecule has 2 aromatic carbocycles. The minimum atomic E-state index is 0.786. The summed E-state index contributed by atoms with van der Waals surface area (Å²) in [6, 6.07) is 18.6. The Morgan fingerprint density at radius 2 is 1.50 bits per heavy atom. The number of benzene rings is 2. The van der Waals surface area contributed by atoms with Gasteiger partial charge in [0.2, 0.25) is 0 Å². The number of rotatable bonds is 8. The van der Waals surface area contributed by atoms with Gasteiger partial charge in [0.15, 0.2) is 0 Å². The summed E-state index contributed by atoms with van der Waals surface area (Å²) >= 11 is 0. The van der Waals surface area contributed by atoms with Crippen LogP contribution in [0.1, 0.15) is 88.2 Å². The third-order valence-corrected chi connectivity index (χ3v) is 7.99. The van der Waals surface area contributed by atoms with E-state index in [1.807, 2.05) is 6.08 Å². The summed E-state index contributed by atoms with van der Waals surface area (Å²) in [6.45, 7) is 6.16. The van der Waals surface area contributed by atoms with E-state index in [1.165, 1.54) is 74.5 Å². The monoisotopic (exact) mass is 400 g/mol. The maximum absolute atomic E-state index is 3.82. The molecule has 2 aliphatic carbocycles. The van der Waals surface area contributed by atoms with Crippen molar-refractivity contribution >= 4 is 0 Å². The van der Waals surface area contributed by atoms with Crippen LogP contribution < -0.4 is 0 Å². The summed E-state index contributed by atoms with van der Waals surface area (Å²) in [5.74, 6) is 3.83. The molecule has 0 heteroatoms. The van der Waals surface area contributed by atoms with Gasteiger partial charge < -0.3 is 0 Å². The third-order valence-electron chi connectivity index (χ3n) is 7.99. The number of allylic oxidation sites excluding steroid dienone is 1. The Bertz CT molecular complexity index is 782. The van der Waals surface area contributed by atoms with E-state index in [0.29, 0.717) is 0 Å². The number of aryl methyl sites for hydroxylation is 1. The zero-order valence-electron chi connectivity index (χ0n) is 19.0. The van der Waals surface area contributed by atoms with Gasteiger partial charge in [0.05, 0.1) is 0 Å². The molecular formula is C30H40. The Morgan fingerprint density at radius 3 is 2.20 bits per heavy atom. The molecule has 0 aliphatic heterocycles. The Balaban J connectivity index is 1.34. The van der Waals surface area contributed by atoms with Gasteiger partial charge in [0, 0.05) is 0 Å². The minimum absolute atomic E-state index is 0.786. The van der Waals surface area contributed by atoms with Crippen LogP contribution in [-0.4, -0.2) is 0 Å². The lowest BCUT2D eigenvalue weighted by Crippen LogP contribution is -2.30. The number of unbranched alkanes of at least 4 members (excludes halogenated alkanes) is 1. The molecule has 2 aromatic rings. The van der Waals surface area contributed by atoms with Gasteiger partial charge in [0.25, 0.3) is 0 Å². The summed E-state index contributed by atoms with van der Waals surface area (Å²) in [4.78, 5) is 0. The van der Waals surface area contributed by atoms with Gasteiger partial charge in [-0.1, -0.05) is 87.2 Å². The second kappa shape index (κ2) is 10.5. The lowest BCUT2D eigenvalue weighted by molar-refractivity contribution is 0.113. The van der Waals surface area contributed by atoms with E-state index >= 15 is 0 Å². The highest BCUT2D eigenvalue weighted by molar-refractivity contribution is 5.64. The maximum atomic E-state index is 3.82. The van der Waals surface area contributed by atoms with Crippen molar-refractivity contribution in [3.8, 4) is 11.1 Å². The van der Waals surface area contributed by atoms with Gasteiger partial charge in [-0.05, 0) is 90.9 Å². The molecule has 160 valence electrons. The average molecular weight is 401 g/mol. The standard InChI is InChI=1S/C30H40/c1-3-5-7-23-9-12-25(13-10-23)26-15-17-27(18-16-26)29-20-19-28-21-24(8-6-4-2)11-14-30(28)22-29/h3,9-10,12-13,15-18,24,28-30H,1,4-8,11,14,19-22H2,2H3. The summed E-state index contributed by atoms with van der Waals surface area (Å²) in [5, 5.41) is 0. The molecule has 4 rings (SSSR count). The van der Waals surface area contributed by atoms with Crippen molar-refractivity contribution in [2.45, 2.75) is 83.5 Å². The molecule has 0 radical (unpaired) electrons.